The van der Waals surface area contributed by atoms with Gasteiger partial charge in [-0.05, 0) is 31.5 Å². The number of urea groups is 1. The molecule has 0 fully saturated rings. The average molecular weight is 404 g/mol. The van der Waals surface area contributed by atoms with E-state index in [1.807, 2.05) is 12.2 Å². The molecule has 0 aliphatic heterocycles. The highest BCUT2D eigenvalue weighted by Gasteiger charge is 2.15. The predicted octanol–water partition coefficient (Wildman–Crippen LogP) is 1.89. The van der Waals surface area contributed by atoms with E-state index in [4.69, 9.17) is 23.2 Å². The Morgan fingerprint density at radius 1 is 1.19 bits per heavy atom. The predicted molar refractivity (Wildman–Crippen MR) is 96.2 cm³/mol. The highest BCUT2D eigenvalue weighted by Crippen LogP contribution is 2.20. The summed E-state index contributed by atoms with van der Waals surface area (Å²) in [4.78, 5) is 46.4. The van der Waals surface area contributed by atoms with Gasteiger partial charge in [-0.1, -0.05) is 30.1 Å². The summed E-state index contributed by atoms with van der Waals surface area (Å²) < 4.78 is 4.67. The summed E-state index contributed by atoms with van der Waals surface area (Å²) in [7, 11) is 0. The van der Waals surface area contributed by atoms with Crippen molar-refractivity contribution >= 4 is 47.0 Å². The first kappa shape index (κ1) is 21.7. The molecule has 8 nitrogen and oxygen atoms in total. The van der Waals surface area contributed by atoms with Crippen molar-refractivity contribution in [1.29, 1.82) is 0 Å². The summed E-state index contributed by atoms with van der Waals surface area (Å²) in [5.41, 5.74) is 0.142. The SMILES string of the molecule is CC[C@H](C)NC(=O)NC(=O)COC(=O)CNC(=O)c1ccc(Cl)cc1Cl. The van der Waals surface area contributed by atoms with Gasteiger partial charge in [0.05, 0.1) is 10.6 Å². The third-order valence-electron chi connectivity index (χ3n) is 3.18. The van der Waals surface area contributed by atoms with Gasteiger partial charge in [-0.25, -0.2) is 4.79 Å². The second-order valence-electron chi connectivity index (χ2n) is 5.30. The van der Waals surface area contributed by atoms with Crippen LogP contribution in [0, 0.1) is 0 Å². The van der Waals surface area contributed by atoms with Gasteiger partial charge in [0, 0.05) is 11.1 Å². The number of ether oxygens (including phenoxy) is 1. The van der Waals surface area contributed by atoms with E-state index in [-0.39, 0.29) is 16.6 Å². The minimum absolute atomic E-state index is 0.0970. The number of carbonyl (C=O) groups excluding carboxylic acids is 4. The van der Waals surface area contributed by atoms with Crippen LogP contribution in [-0.2, 0) is 14.3 Å². The molecule has 0 radical (unpaired) electrons. The zero-order valence-electron chi connectivity index (χ0n) is 14.2. The number of hydrogen-bond acceptors (Lipinski definition) is 5. The molecule has 0 aliphatic carbocycles. The molecule has 0 aliphatic rings. The third kappa shape index (κ3) is 7.71. The molecular formula is C16H19Cl2N3O5. The van der Waals surface area contributed by atoms with Crippen LogP contribution in [0.5, 0.6) is 0 Å². The lowest BCUT2D eigenvalue weighted by molar-refractivity contribution is -0.147. The molecular weight excluding hydrogens is 385 g/mol. The molecule has 1 rings (SSSR count). The second-order valence-corrected chi connectivity index (χ2v) is 6.14. The number of hydrogen-bond donors (Lipinski definition) is 3. The van der Waals surface area contributed by atoms with E-state index in [1.165, 1.54) is 18.2 Å². The lowest BCUT2D eigenvalue weighted by Gasteiger charge is -2.12. The maximum Gasteiger partial charge on any atom is 0.325 e. The van der Waals surface area contributed by atoms with E-state index in [0.717, 1.165) is 0 Å². The molecule has 0 spiro atoms. The molecule has 4 amide bonds. The number of nitrogens with one attached hydrogen (secondary N) is 3. The molecule has 0 bridgehead atoms. The number of carbonyl (C=O) groups is 4. The Morgan fingerprint density at radius 3 is 2.50 bits per heavy atom. The van der Waals surface area contributed by atoms with Crippen LogP contribution >= 0.6 is 23.2 Å². The Balaban J connectivity index is 2.35. The van der Waals surface area contributed by atoms with Gasteiger partial charge in [-0.2, -0.15) is 0 Å². The molecule has 0 aromatic heterocycles. The molecule has 3 N–H and O–H groups in total. The molecule has 0 saturated carbocycles. The summed E-state index contributed by atoms with van der Waals surface area (Å²) in [6.45, 7) is 2.54. The molecule has 142 valence electrons. The van der Waals surface area contributed by atoms with Crippen molar-refractivity contribution in [2.45, 2.75) is 26.3 Å². The fourth-order valence-electron chi connectivity index (χ4n) is 1.64. The Bertz CT molecular complexity index is 696. The maximum absolute atomic E-state index is 11.9. The first-order valence-corrected chi connectivity index (χ1v) is 8.47. The first-order chi connectivity index (χ1) is 12.2. The number of amides is 4. The maximum atomic E-state index is 11.9. The van der Waals surface area contributed by atoms with E-state index in [2.05, 4.69) is 15.4 Å². The summed E-state index contributed by atoms with van der Waals surface area (Å²) in [5, 5.41) is 7.36. The van der Waals surface area contributed by atoms with Crippen LogP contribution in [0.4, 0.5) is 4.79 Å². The summed E-state index contributed by atoms with van der Waals surface area (Å²) in [6.07, 6.45) is 0.702. The van der Waals surface area contributed by atoms with Gasteiger partial charge in [-0.15, -0.1) is 0 Å². The quantitative estimate of drug-likeness (QED) is 0.601. The largest absolute Gasteiger partial charge is 0.454 e. The first-order valence-electron chi connectivity index (χ1n) is 7.72. The highest BCUT2D eigenvalue weighted by molar-refractivity contribution is 6.36. The molecule has 1 aromatic rings. The minimum Gasteiger partial charge on any atom is -0.454 e. The molecule has 0 saturated heterocycles. The van der Waals surface area contributed by atoms with E-state index in [0.29, 0.717) is 11.4 Å². The van der Waals surface area contributed by atoms with E-state index >= 15 is 0 Å². The smallest absolute Gasteiger partial charge is 0.325 e. The highest BCUT2D eigenvalue weighted by atomic mass is 35.5. The van der Waals surface area contributed by atoms with Gasteiger partial charge < -0.3 is 15.4 Å². The Morgan fingerprint density at radius 2 is 1.88 bits per heavy atom. The average Bonchev–Trinajstić information content (AvgIpc) is 2.57. The van der Waals surface area contributed by atoms with Crippen molar-refractivity contribution in [1.82, 2.24) is 16.0 Å². The summed E-state index contributed by atoms with van der Waals surface area (Å²) in [5.74, 6) is -2.23. The lowest BCUT2D eigenvalue weighted by Crippen LogP contribution is -2.45. The van der Waals surface area contributed by atoms with Crippen LogP contribution in [0.15, 0.2) is 18.2 Å². The van der Waals surface area contributed by atoms with Crippen molar-refractivity contribution < 1.29 is 23.9 Å². The van der Waals surface area contributed by atoms with Crippen LogP contribution in [0.1, 0.15) is 30.6 Å². The zero-order chi connectivity index (χ0) is 19.7. The third-order valence-corrected chi connectivity index (χ3v) is 3.72. The van der Waals surface area contributed by atoms with E-state index in [9.17, 15) is 19.2 Å². The number of rotatable bonds is 7. The number of esters is 1. The van der Waals surface area contributed by atoms with E-state index < -0.39 is 37.0 Å². The normalized spacial score (nSPS) is 11.2. The molecule has 0 heterocycles. The lowest BCUT2D eigenvalue weighted by atomic mass is 10.2. The van der Waals surface area contributed by atoms with Gasteiger partial charge in [0.1, 0.15) is 6.54 Å². The summed E-state index contributed by atoms with van der Waals surface area (Å²) >= 11 is 11.6. The van der Waals surface area contributed by atoms with Gasteiger partial charge in [0.15, 0.2) is 6.61 Å². The standard InChI is InChI=1S/C16H19Cl2N3O5/c1-3-9(2)20-16(25)21-13(22)8-26-14(23)7-19-15(24)11-5-4-10(17)6-12(11)18/h4-6,9H,3,7-8H2,1-2H3,(H,19,24)(H2,20,21,22,25)/t9-/m0/s1. The van der Waals surface area contributed by atoms with Crippen molar-refractivity contribution in [3.05, 3.63) is 33.8 Å². The number of imide groups is 1. The Kier molecular flexibility index (Phi) is 8.87. The van der Waals surface area contributed by atoms with Gasteiger partial charge in [-0.3, -0.25) is 19.7 Å². The monoisotopic (exact) mass is 403 g/mol. The molecule has 1 atom stereocenters. The van der Waals surface area contributed by atoms with Crippen LogP contribution in [0.3, 0.4) is 0 Å². The Labute approximate surface area is 160 Å². The van der Waals surface area contributed by atoms with E-state index in [1.54, 1.807) is 6.92 Å². The fourth-order valence-corrected chi connectivity index (χ4v) is 2.14. The van der Waals surface area contributed by atoms with Crippen molar-refractivity contribution in [3.63, 3.8) is 0 Å². The molecule has 10 heteroatoms. The second kappa shape index (κ2) is 10.6. The number of halogens is 2. The molecule has 26 heavy (non-hydrogen) atoms. The van der Waals surface area contributed by atoms with Gasteiger partial charge >= 0.3 is 12.0 Å². The van der Waals surface area contributed by atoms with Crippen LogP contribution in [0.25, 0.3) is 0 Å². The van der Waals surface area contributed by atoms with Crippen molar-refractivity contribution in [2.24, 2.45) is 0 Å². The minimum atomic E-state index is -0.846. The zero-order valence-corrected chi connectivity index (χ0v) is 15.7. The molecule has 1 aromatic carbocycles. The van der Waals surface area contributed by atoms with Crippen molar-refractivity contribution in [3.8, 4) is 0 Å². The van der Waals surface area contributed by atoms with Crippen LogP contribution in [0.2, 0.25) is 10.0 Å². The number of benzene rings is 1. The fraction of sp³-hybridized carbons (Fsp3) is 0.375. The summed E-state index contributed by atoms with van der Waals surface area (Å²) in [6, 6.07) is 3.52. The van der Waals surface area contributed by atoms with Gasteiger partial charge in [0.2, 0.25) is 0 Å². The van der Waals surface area contributed by atoms with Crippen LogP contribution in [-0.4, -0.2) is 43.0 Å². The van der Waals surface area contributed by atoms with Gasteiger partial charge in [0.25, 0.3) is 11.8 Å². The van der Waals surface area contributed by atoms with Crippen molar-refractivity contribution in [2.75, 3.05) is 13.2 Å². The topological polar surface area (TPSA) is 114 Å². The Hall–Kier alpha value is -2.32. The van der Waals surface area contributed by atoms with Crippen LogP contribution < -0.4 is 16.0 Å². The molecule has 0 unspecified atom stereocenters.